The van der Waals surface area contributed by atoms with Crippen molar-refractivity contribution >= 4 is 28.4 Å². The molecule has 0 fully saturated rings. The quantitative estimate of drug-likeness (QED) is 0.517. The van der Waals surface area contributed by atoms with Gasteiger partial charge >= 0.3 is 0 Å². The Morgan fingerprint density at radius 1 is 0.957 bits per heavy atom. The van der Waals surface area contributed by atoms with Gasteiger partial charge in [-0.1, -0.05) is 41.5 Å². The summed E-state index contributed by atoms with van der Waals surface area (Å²) in [4.78, 5) is 15.9. The Bertz CT molecular complexity index is 710. The molecule has 2 aromatic rings. The van der Waals surface area contributed by atoms with Crippen LogP contribution in [0.15, 0.2) is 24.4 Å². The van der Waals surface area contributed by atoms with Crippen LogP contribution in [0.3, 0.4) is 0 Å². The number of H-pyrrole nitrogens is 1. The molecule has 0 aliphatic rings. The summed E-state index contributed by atoms with van der Waals surface area (Å²) in [5, 5.41) is 10.7. The minimum absolute atomic E-state index is 0.0276. The molecule has 4 heteroatoms. The van der Waals surface area contributed by atoms with E-state index in [1.807, 2.05) is 59.7 Å². The van der Waals surface area contributed by atoms with Gasteiger partial charge in [0.05, 0.1) is 3.70 Å². The lowest BCUT2D eigenvalue weighted by Crippen LogP contribution is -2.19. The lowest BCUT2D eigenvalue weighted by atomic mass is 9.78. The molecule has 0 atom stereocenters. The summed E-state index contributed by atoms with van der Waals surface area (Å²) < 4.78 is 0.928. The molecule has 0 spiro atoms. The van der Waals surface area contributed by atoms with Crippen LogP contribution < -0.4 is 0 Å². The van der Waals surface area contributed by atoms with Crippen molar-refractivity contribution in [1.29, 1.82) is 0 Å². The summed E-state index contributed by atoms with van der Waals surface area (Å²) >= 11 is 2.15. The minimum Gasteiger partial charge on any atom is -0.507 e. The molecule has 0 amide bonds. The first kappa shape index (κ1) is 18.0. The second kappa shape index (κ2) is 5.96. The minimum atomic E-state index is -0.243. The number of phenolic OH excluding ortho intramolecular Hbond substituents is 1. The van der Waals surface area contributed by atoms with Crippen LogP contribution in [-0.2, 0) is 10.8 Å². The maximum Gasteiger partial charge on any atom is 0.194 e. The van der Waals surface area contributed by atoms with Gasteiger partial charge < -0.3 is 10.1 Å². The standard InChI is InChI=1S/C19H24INO2/c1-18(2,3)13-7-11(8-14(17(13)23)19(4,5)6)16(22)12-9-15(20)21-10-12/h7-10,21,23H,1-6H3. The highest BCUT2D eigenvalue weighted by atomic mass is 127. The molecular weight excluding hydrogens is 401 g/mol. The number of benzene rings is 1. The van der Waals surface area contributed by atoms with Crippen LogP contribution in [0.1, 0.15) is 68.6 Å². The number of ketones is 1. The molecule has 3 nitrogen and oxygen atoms in total. The first-order valence-electron chi connectivity index (χ1n) is 7.68. The van der Waals surface area contributed by atoms with Crippen molar-refractivity contribution in [2.75, 3.05) is 0 Å². The van der Waals surface area contributed by atoms with Crippen LogP contribution in [0.5, 0.6) is 5.75 Å². The van der Waals surface area contributed by atoms with Gasteiger partial charge in [-0.05, 0) is 51.6 Å². The Kier molecular flexibility index (Phi) is 4.68. The van der Waals surface area contributed by atoms with Gasteiger partial charge in [-0.15, -0.1) is 0 Å². The molecule has 124 valence electrons. The van der Waals surface area contributed by atoms with Crippen LogP contribution in [0, 0.1) is 3.70 Å². The second-order valence-corrected chi connectivity index (χ2v) is 9.15. The van der Waals surface area contributed by atoms with Gasteiger partial charge in [0, 0.05) is 28.5 Å². The van der Waals surface area contributed by atoms with Gasteiger partial charge in [0.25, 0.3) is 0 Å². The number of rotatable bonds is 2. The third-order valence-corrected chi connectivity index (χ3v) is 4.52. The van der Waals surface area contributed by atoms with E-state index in [1.54, 1.807) is 6.20 Å². The lowest BCUT2D eigenvalue weighted by molar-refractivity contribution is 0.103. The van der Waals surface area contributed by atoms with Crippen molar-refractivity contribution in [3.05, 3.63) is 50.4 Å². The maximum atomic E-state index is 12.8. The van der Waals surface area contributed by atoms with E-state index in [1.165, 1.54) is 0 Å². The number of nitrogens with one attached hydrogen (secondary N) is 1. The molecule has 0 bridgehead atoms. The van der Waals surface area contributed by atoms with Crippen LogP contribution in [0.4, 0.5) is 0 Å². The van der Waals surface area contributed by atoms with Gasteiger partial charge in [-0.25, -0.2) is 0 Å². The van der Waals surface area contributed by atoms with E-state index in [0.717, 1.165) is 14.8 Å². The summed E-state index contributed by atoms with van der Waals surface area (Å²) in [6, 6.07) is 5.49. The SMILES string of the molecule is CC(C)(C)c1cc(C(=O)c2c[nH]c(I)c2)cc(C(C)(C)C)c1O. The van der Waals surface area contributed by atoms with Gasteiger partial charge in [0.1, 0.15) is 5.75 Å². The third kappa shape index (κ3) is 3.79. The fourth-order valence-corrected chi connectivity index (χ4v) is 3.06. The monoisotopic (exact) mass is 425 g/mol. The Labute approximate surface area is 151 Å². The van der Waals surface area contributed by atoms with Crippen molar-refractivity contribution in [3.63, 3.8) is 0 Å². The van der Waals surface area contributed by atoms with E-state index < -0.39 is 0 Å². The van der Waals surface area contributed by atoms with Crippen molar-refractivity contribution in [3.8, 4) is 5.75 Å². The van der Waals surface area contributed by atoms with Crippen LogP contribution >= 0.6 is 22.6 Å². The van der Waals surface area contributed by atoms with Gasteiger partial charge in [0.2, 0.25) is 0 Å². The highest BCUT2D eigenvalue weighted by molar-refractivity contribution is 14.1. The first-order chi connectivity index (χ1) is 10.4. The third-order valence-electron chi connectivity index (χ3n) is 3.90. The zero-order chi connectivity index (χ0) is 17.6. The van der Waals surface area contributed by atoms with Crippen LogP contribution in [0.2, 0.25) is 0 Å². The van der Waals surface area contributed by atoms with E-state index in [-0.39, 0.29) is 16.6 Å². The van der Waals surface area contributed by atoms with Gasteiger partial charge in [0.15, 0.2) is 5.78 Å². The van der Waals surface area contributed by atoms with Gasteiger partial charge in [-0.2, -0.15) is 0 Å². The highest BCUT2D eigenvalue weighted by Crippen LogP contribution is 2.40. The molecule has 0 saturated heterocycles. The smallest absolute Gasteiger partial charge is 0.194 e. The summed E-state index contributed by atoms with van der Waals surface area (Å²) in [6.07, 6.45) is 1.73. The van der Waals surface area contributed by atoms with Crippen molar-refractivity contribution in [1.82, 2.24) is 4.98 Å². The summed E-state index contributed by atoms with van der Waals surface area (Å²) in [5.74, 6) is 0.269. The number of aromatic amines is 1. The molecule has 0 aliphatic carbocycles. The van der Waals surface area contributed by atoms with Crippen molar-refractivity contribution in [2.45, 2.75) is 52.4 Å². The molecule has 0 radical (unpaired) electrons. The fourth-order valence-electron chi connectivity index (χ4n) is 2.57. The predicted octanol–water partition coefficient (Wildman–Crippen LogP) is 5.15. The highest BCUT2D eigenvalue weighted by Gasteiger charge is 2.28. The Hall–Kier alpha value is -1.30. The summed E-state index contributed by atoms with van der Waals surface area (Å²) in [7, 11) is 0. The Morgan fingerprint density at radius 2 is 1.43 bits per heavy atom. The van der Waals surface area contributed by atoms with Crippen molar-refractivity contribution in [2.24, 2.45) is 0 Å². The van der Waals surface area contributed by atoms with E-state index in [2.05, 4.69) is 27.6 Å². The average molecular weight is 425 g/mol. The molecule has 2 N–H and O–H groups in total. The molecule has 1 aromatic heterocycles. The number of aromatic nitrogens is 1. The summed E-state index contributed by atoms with van der Waals surface area (Å²) in [5.41, 5.74) is 2.38. The largest absolute Gasteiger partial charge is 0.507 e. The van der Waals surface area contributed by atoms with Crippen molar-refractivity contribution < 1.29 is 9.90 Å². The topological polar surface area (TPSA) is 53.1 Å². The molecule has 0 saturated carbocycles. The number of carbonyl (C=O) groups excluding carboxylic acids is 1. The number of phenols is 1. The lowest BCUT2D eigenvalue weighted by Gasteiger charge is -2.28. The van der Waals surface area contributed by atoms with Gasteiger partial charge in [-0.3, -0.25) is 4.79 Å². The molecule has 1 aromatic carbocycles. The number of aromatic hydroxyl groups is 1. The normalized spacial score (nSPS) is 12.5. The van der Waals surface area contributed by atoms with E-state index in [4.69, 9.17) is 0 Å². The molecule has 1 heterocycles. The molecule has 0 aliphatic heterocycles. The Balaban J connectivity index is 2.67. The average Bonchev–Trinajstić information content (AvgIpc) is 2.82. The van der Waals surface area contributed by atoms with Crippen LogP contribution in [0.25, 0.3) is 0 Å². The summed E-state index contributed by atoms with van der Waals surface area (Å²) in [6.45, 7) is 12.3. The second-order valence-electron chi connectivity index (χ2n) is 7.99. The zero-order valence-electron chi connectivity index (χ0n) is 14.5. The Morgan fingerprint density at radius 3 is 1.78 bits per heavy atom. The zero-order valence-corrected chi connectivity index (χ0v) is 16.7. The molecule has 2 rings (SSSR count). The molecular formula is C19H24INO2. The molecule has 23 heavy (non-hydrogen) atoms. The first-order valence-corrected chi connectivity index (χ1v) is 8.75. The number of carbonyl (C=O) groups is 1. The fraction of sp³-hybridized carbons (Fsp3) is 0.421. The number of hydrogen-bond acceptors (Lipinski definition) is 2. The predicted molar refractivity (Wildman–Crippen MR) is 102 cm³/mol. The van der Waals surface area contributed by atoms with E-state index in [9.17, 15) is 9.90 Å². The maximum absolute atomic E-state index is 12.8. The van der Waals surface area contributed by atoms with E-state index in [0.29, 0.717) is 16.9 Å². The number of halogens is 1. The van der Waals surface area contributed by atoms with E-state index >= 15 is 0 Å². The number of hydrogen-bond donors (Lipinski definition) is 2. The van der Waals surface area contributed by atoms with Crippen LogP contribution in [-0.4, -0.2) is 15.9 Å². The molecule has 0 unspecified atom stereocenters.